The molecule has 120 valence electrons. The molecule has 0 aliphatic heterocycles. The molecule has 0 aromatic carbocycles. The first-order valence-electron chi connectivity index (χ1n) is 6.23. The Bertz CT molecular complexity index is 576. The number of nitrogen functional groups attached to an aromatic ring is 1. The third-order valence-corrected chi connectivity index (χ3v) is 3.09. The maximum absolute atomic E-state index is 11.3. The molecule has 0 atom stereocenters. The van der Waals surface area contributed by atoms with Gasteiger partial charge in [-0.2, -0.15) is 15.0 Å². The van der Waals surface area contributed by atoms with Crippen LogP contribution < -0.4 is 26.0 Å². The fourth-order valence-electron chi connectivity index (χ4n) is 1.53. The van der Waals surface area contributed by atoms with Gasteiger partial charge in [0, 0.05) is 12.1 Å². The van der Waals surface area contributed by atoms with E-state index in [2.05, 4.69) is 30.4 Å². The van der Waals surface area contributed by atoms with Crippen LogP contribution in [-0.4, -0.2) is 48.3 Å². The Balaban J connectivity index is 2.80. The lowest BCUT2D eigenvalue weighted by Crippen LogP contribution is -2.48. The average Bonchev–Trinajstić information content (AvgIpc) is 2.34. The van der Waals surface area contributed by atoms with Gasteiger partial charge in [0.1, 0.15) is 0 Å². The molecule has 10 nitrogen and oxygen atoms in total. The van der Waals surface area contributed by atoms with Crippen molar-refractivity contribution in [3.05, 3.63) is 0 Å². The second-order valence-electron chi connectivity index (χ2n) is 4.95. The molecule has 0 radical (unpaired) electrons. The monoisotopic (exact) mass is 319 g/mol. The summed E-state index contributed by atoms with van der Waals surface area (Å²) in [6.45, 7) is 5.92. The molecule has 1 rings (SSSR count). The lowest BCUT2D eigenvalue weighted by atomic mass is 10.1. The molecule has 1 aromatic heterocycles. The highest BCUT2D eigenvalue weighted by atomic mass is 32.2. The Morgan fingerprint density at radius 1 is 1.24 bits per heavy atom. The Morgan fingerprint density at radius 2 is 1.86 bits per heavy atom. The first-order chi connectivity index (χ1) is 9.65. The molecule has 1 heterocycles. The van der Waals surface area contributed by atoms with Crippen LogP contribution in [0.15, 0.2) is 0 Å². The Labute approximate surface area is 123 Å². The van der Waals surface area contributed by atoms with E-state index in [4.69, 9.17) is 10.6 Å². The van der Waals surface area contributed by atoms with Crippen LogP contribution in [-0.2, 0) is 10.0 Å². The summed E-state index contributed by atoms with van der Waals surface area (Å²) in [4.78, 5) is 12.0. The van der Waals surface area contributed by atoms with Crippen LogP contribution >= 0.6 is 0 Å². The second kappa shape index (κ2) is 6.83. The molecule has 0 bridgehead atoms. The molecule has 11 heteroatoms. The van der Waals surface area contributed by atoms with Gasteiger partial charge in [-0.3, -0.25) is 5.43 Å². The maximum atomic E-state index is 11.3. The average molecular weight is 319 g/mol. The summed E-state index contributed by atoms with van der Waals surface area (Å²) in [6, 6.07) is 0.122. The highest BCUT2D eigenvalue weighted by Crippen LogP contribution is 2.12. The van der Waals surface area contributed by atoms with Gasteiger partial charge in [-0.25, -0.2) is 19.0 Å². The second-order valence-corrected chi connectivity index (χ2v) is 6.70. The zero-order valence-corrected chi connectivity index (χ0v) is 13.3. The zero-order chi connectivity index (χ0) is 16.1. The number of nitrogens with zero attached hydrogens (tertiary/aromatic N) is 3. The van der Waals surface area contributed by atoms with Gasteiger partial charge in [0.25, 0.3) is 0 Å². The number of hydrogen-bond donors (Lipinski definition) is 4. The molecular weight excluding hydrogens is 298 g/mol. The van der Waals surface area contributed by atoms with Crippen molar-refractivity contribution in [1.29, 1.82) is 0 Å². The van der Waals surface area contributed by atoms with Crippen LogP contribution in [0, 0.1) is 0 Å². The van der Waals surface area contributed by atoms with E-state index in [0.717, 1.165) is 6.26 Å². The smallest absolute Gasteiger partial charge is 0.323 e. The number of rotatable bonds is 8. The molecule has 5 N–H and O–H groups in total. The highest BCUT2D eigenvalue weighted by Gasteiger charge is 2.22. The van der Waals surface area contributed by atoms with Gasteiger partial charge in [-0.05, 0) is 20.8 Å². The number of sulfonamides is 1. The van der Waals surface area contributed by atoms with Crippen molar-refractivity contribution in [2.24, 2.45) is 5.84 Å². The van der Waals surface area contributed by atoms with Gasteiger partial charge in [-0.1, -0.05) is 0 Å². The molecule has 0 amide bonds. The molecule has 0 saturated heterocycles. The van der Waals surface area contributed by atoms with Crippen molar-refractivity contribution in [2.75, 3.05) is 30.1 Å². The topological polar surface area (TPSA) is 144 Å². The highest BCUT2D eigenvalue weighted by molar-refractivity contribution is 7.88. The Kier molecular flexibility index (Phi) is 5.63. The molecule has 0 spiro atoms. The quantitative estimate of drug-likeness (QED) is 0.361. The lowest BCUT2D eigenvalue weighted by Gasteiger charge is -2.25. The first kappa shape index (κ1) is 17.3. The molecule has 0 fully saturated rings. The number of anilines is 2. The van der Waals surface area contributed by atoms with Crippen LogP contribution in [0.4, 0.5) is 11.9 Å². The van der Waals surface area contributed by atoms with E-state index in [1.54, 1.807) is 20.8 Å². The molecule has 0 aliphatic rings. The van der Waals surface area contributed by atoms with Crippen molar-refractivity contribution in [2.45, 2.75) is 26.3 Å². The van der Waals surface area contributed by atoms with Crippen LogP contribution in [0.2, 0.25) is 0 Å². The van der Waals surface area contributed by atoms with Gasteiger partial charge < -0.3 is 10.1 Å². The first-order valence-corrected chi connectivity index (χ1v) is 8.12. The molecule has 1 aromatic rings. The molecule has 0 saturated carbocycles. The number of nitrogens with one attached hydrogen (secondary N) is 3. The molecular formula is C10H21N7O3S. The summed E-state index contributed by atoms with van der Waals surface area (Å²) in [5, 5.41) is 2.92. The summed E-state index contributed by atoms with van der Waals surface area (Å²) in [6.07, 6.45) is 1.10. The zero-order valence-electron chi connectivity index (χ0n) is 12.5. The predicted octanol–water partition coefficient (Wildman–Crippen LogP) is -0.704. The molecule has 21 heavy (non-hydrogen) atoms. The minimum atomic E-state index is -3.32. The Hall–Kier alpha value is -1.72. The fourth-order valence-corrected chi connectivity index (χ4v) is 2.61. The van der Waals surface area contributed by atoms with E-state index < -0.39 is 15.6 Å². The van der Waals surface area contributed by atoms with Crippen molar-refractivity contribution >= 4 is 21.9 Å². The standard InChI is InChI=1S/C10H21N7O3S/c1-5-20-9-14-7(13-8(15-9)16-11)12-6-10(2,3)17-21(4,18)19/h17H,5-6,11H2,1-4H3,(H2,12,13,14,15,16). The number of nitrogens with two attached hydrogens (primary N) is 1. The normalized spacial score (nSPS) is 12.0. The largest absolute Gasteiger partial charge is 0.464 e. The van der Waals surface area contributed by atoms with E-state index in [1.165, 1.54) is 0 Å². The van der Waals surface area contributed by atoms with Crippen LogP contribution in [0.5, 0.6) is 6.01 Å². The maximum Gasteiger partial charge on any atom is 0.323 e. The number of ether oxygens (including phenoxy) is 1. The lowest BCUT2D eigenvalue weighted by molar-refractivity contribution is 0.312. The van der Waals surface area contributed by atoms with Gasteiger partial charge in [0.15, 0.2) is 0 Å². The predicted molar refractivity (Wildman–Crippen MR) is 79.4 cm³/mol. The van der Waals surface area contributed by atoms with Gasteiger partial charge >= 0.3 is 6.01 Å². The SMILES string of the molecule is CCOc1nc(NN)nc(NCC(C)(C)NS(C)(=O)=O)n1. The fraction of sp³-hybridized carbons (Fsp3) is 0.700. The van der Waals surface area contributed by atoms with Gasteiger partial charge in [-0.15, -0.1) is 0 Å². The van der Waals surface area contributed by atoms with Crippen molar-refractivity contribution in [1.82, 2.24) is 19.7 Å². The number of hydrogen-bond acceptors (Lipinski definition) is 9. The van der Waals surface area contributed by atoms with E-state index in [-0.39, 0.29) is 24.5 Å². The summed E-state index contributed by atoms with van der Waals surface area (Å²) in [5.41, 5.74) is 1.59. The van der Waals surface area contributed by atoms with Crippen LogP contribution in [0.1, 0.15) is 20.8 Å². The van der Waals surface area contributed by atoms with Crippen molar-refractivity contribution < 1.29 is 13.2 Å². The number of aromatic nitrogens is 3. The Morgan fingerprint density at radius 3 is 2.38 bits per heavy atom. The van der Waals surface area contributed by atoms with E-state index in [1.807, 2.05) is 0 Å². The van der Waals surface area contributed by atoms with Crippen LogP contribution in [0.3, 0.4) is 0 Å². The summed E-state index contributed by atoms with van der Waals surface area (Å²) < 4.78 is 30.2. The minimum absolute atomic E-state index is 0.122. The van der Waals surface area contributed by atoms with Crippen molar-refractivity contribution in [3.63, 3.8) is 0 Å². The number of hydrazine groups is 1. The van der Waals surface area contributed by atoms with Crippen molar-refractivity contribution in [3.8, 4) is 6.01 Å². The summed E-state index contributed by atoms with van der Waals surface area (Å²) in [5.74, 6) is 5.64. The van der Waals surface area contributed by atoms with E-state index >= 15 is 0 Å². The van der Waals surface area contributed by atoms with Crippen LogP contribution in [0.25, 0.3) is 0 Å². The van der Waals surface area contributed by atoms with Gasteiger partial charge in [0.05, 0.1) is 12.9 Å². The summed E-state index contributed by atoms with van der Waals surface area (Å²) >= 11 is 0. The van der Waals surface area contributed by atoms with E-state index in [9.17, 15) is 8.42 Å². The molecule has 0 aliphatic carbocycles. The summed E-state index contributed by atoms with van der Waals surface area (Å²) in [7, 11) is -3.32. The minimum Gasteiger partial charge on any atom is -0.464 e. The molecule has 0 unspecified atom stereocenters. The van der Waals surface area contributed by atoms with E-state index in [0.29, 0.717) is 6.61 Å². The van der Waals surface area contributed by atoms with Gasteiger partial charge in [0.2, 0.25) is 21.9 Å². The third kappa shape index (κ3) is 6.51. The third-order valence-electron chi connectivity index (χ3n) is 2.17.